The number of rotatable bonds is 9. The second kappa shape index (κ2) is 9.76. The summed E-state index contributed by atoms with van der Waals surface area (Å²) in [4.78, 5) is 12.7. The Bertz CT molecular complexity index is 935. The molecule has 2 aromatic carbocycles. The van der Waals surface area contributed by atoms with Crippen molar-refractivity contribution in [1.82, 2.24) is 9.88 Å². The molecule has 3 aromatic rings. The Balaban J connectivity index is 1.94. The highest BCUT2D eigenvalue weighted by molar-refractivity contribution is 6.30. The van der Waals surface area contributed by atoms with Crippen molar-refractivity contribution in [3.63, 3.8) is 0 Å². The van der Waals surface area contributed by atoms with Crippen LogP contribution in [0.5, 0.6) is 0 Å². The first-order chi connectivity index (χ1) is 13.6. The number of aromatic nitrogens is 1. The number of halogens is 1. The van der Waals surface area contributed by atoms with E-state index in [1.165, 1.54) is 10.9 Å². The van der Waals surface area contributed by atoms with Crippen LogP contribution in [0.1, 0.15) is 36.8 Å². The van der Waals surface area contributed by atoms with E-state index in [-0.39, 0.29) is 11.8 Å². The lowest BCUT2D eigenvalue weighted by Crippen LogP contribution is -2.27. The molecule has 0 radical (unpaired) electrons. The highest BCUT2D eigenvalue weighted by Gasteiger charge is 2.22. The fourth-order valence-electron chi connectivity index (χ4n) is 3.65. The Kier molecular flexibility index (Phi) is 7.12. The quantitative estimate of drug-likeness (QED) is 0.516. The molecular weight excluding hydrogens is 372 g/mol. The lowest BCUT2D eigenvalue weighted by Gasteiger charge is -2.17. The zero-order valence-corrected chi connectivity index (χ0v) is 17.2. The number of amides is 1. The SMILES string of the molecule is CCn1cc([C@H](CC(=O)NCCCOC)c2cccc(Cl)c2)c2ccccc21. The molecule has 4 nitrogen and oxygen atoms in total. The first kappa shape index (κ1) is 20.4. The Hall–Kier alpha value is -2.30. The van der Waals surface area contributed by atoms with Crippen LogP contribution in [0.2, 0.25) is 5.02 Å². The molecule has 5 heteroatoms. The van der Waals surface area contributed by atoms with E-state index in [4.69, 9.17) is 16.3 Å². The third kappa shape index (κ3) is 4.75. The van der Waals surface area contributed by atoms with E-state index in [1.54, 1.807) is 7.11 Å². The lowest BCUT2D eigenvalue weighted by molar-refractivity contribution is -0.121. The van der Waals surface area contributed by atoms with E-state index in [1.807, 2.05) is 30.3 Å². The van der Waals surface area contributed by atoms with Crippen LogP contribution in [0.25, 0.3) is 10.9 Å². The highest BCUT2D eigenvalue weighted by Crippen LogP contribution is 2.35. The molecule has 0 aliphatic heterocycles. The Morgan fingerprint density at radius 3 is 2.79 bits per heavy atom. The van der Waals surface area contributed by atoms with Crippen LogP contribution in [0.15, 0.2) is 54.7 Å². The lowest BCUT2D eigenvalue weighted by atomic mass is 9.88. The van der Waals surface area contributed by atoms with Crippen molar-refractivity contribution in [1.29, 1.82) is 0 Å². The molecule has 3 rings (SSSR count). The molecule has 1 atom stereocenters. The number of fused-ring (bicyclic) bond motifs is 1. The molecule has 0 unspecified atom stereocenters. The van der Waals surface area contributed by atoms with Crippen molar-refractivity contribution in [3.05, 3.63) is 70.9 Å². The Morgan fingerprint density at radius 2 is 2.04 bits per heavy atom. The van der Waals surface area contributed by atoms with Crippen LogP contribution < -0.4 is 5.32 Å². The largest absolute Gasteiger partial charge is 0.385 e. The Morgan fingerprint density at radius 1 is 1.21 bits per heavy atom. The van der Waals surface area contributed by atoms with Gasteiger partial charge < -0.3 is 14.6 Å². The van der Waals surface area contributed by atoms with Gasteiger partial charge in [-0.1, -0.05) is 41.9 Å². The van der Waals surface area contributed by atoms with Crippen LogP contribution in [0, 0.1) is 0 Å². The summed E-state index contributed by atoms with van der Waals surface area (Å²) in [6.45, 7) is 4.27. The third-order valence-electron chi connectivity index (χ3n) is 5.02. The van der Waals surface area contributed by atoms with E-state index in [2.05, 4.69) is 41.2 Å². The first-order valence-corrected chi connectivity index (χ1v) is 10.1. The summed E-state index contributed by atoms with van der Waals surface area (Å²) in [5.41, 5.74) is 3.40. The van der Waals surface area contributed by atoms with Crippen molar-refractivity contribution in [2.24, 2.45) is 0 Å². The van der Waals surface area contributed by atoms with Crippen molar-refractivity contribution in [2.45, 2.75) is 32.2 Å². The predicted octanol–water partition coefficient (Wildman–Crippen LogP) is 4.99. The van der Waals surface area contributed by atoms with Gasteiger partial charge in [0.15, 0.2) is 0 Å². The molecule has 1 aromatic heterocycles. The summed E-state index contributed by atoms with van der Waals surface area (Å²) in [6.07, 6.45) is 3.36. The van der Waals surface area contributed by atoms with Crippen LogP contribution in [-0.2, 0) is 16.1 Å². The number of methoxy groups -OCH3 is 1. The second-order valence-corrected chi connectivity index (χ2v) is 7.33. The van der Waals surface area contributed by atoms with Gasteiger partial charge in [-0.3, -0.25) is 4.79 Å². The van der Waals surface area contributed by atoms with Gasteiger partial charge in [-0.25, -0.2) is 0 Å². The van der Waals surface area contributed by atoms with E-state index in [9.17, 15) is 4.79 Å². The normalized spacial score (nSPS) is 12.2. The Labute approximate surface area is 171 Å². The summed E-state index contributed by atoms with van der Waals surface area (Å²) in [5.74, 6) is -0.0202. The van der Waals surface area contributed by atoms with Gasteiger partial charge in [0.1, 0.15) is 0 Å². The minimum atomic E-state index is -0.0566. The molecule has 1 amide bonds. The molecule has 0 aliphatic carbocycles. The number of nitrogens with zero attached hydrogens (tertiary/aromatic N) is 1. The monoisotopic (exact) mass is 398 g/mol. The fraction of sp³-hybridized carbons (Fsp3) is 0.348. The molecular formula is C23H27ClN2O2. The molecule has 148 valence electrons. The van der Waals surface area contributed by atoms with Crippen molar-refractivity contribution in [2.75, 3.05) is 20.3 Å². The standard InChI is InChI=1S/C23H27ClN2O2/c1-3-26-16-21(19-10-4-5-11-22(19)26)20(17-8-6-9-18(24)14-17)15-23(27)25-12-7-13-28-2/h4-6,8-11,14,16,20H,3,7,12-13,15H2,1-2H3,(H,25,27)/t20-/m1/s1. The highest BCUT2D eigenvalue weighted by atomic mass is 35.5. The molecule has 0 bridgehead atoms. The van der Waals surface area contributed by atoms with Gasteiger partial charge in [-0.15, -0.1) is 0 Å². The van der Waals surface area contributed by atoms with E-state index in [0.29, 0.717) is 24.6 Å². The van der Waals surface area contributed by atoms with E-state index < -0.39 is 0 Å². The van der Waals surface area contributed by atoms with Crippen LogP contribution in [0.4, 0.5) is 0 Å². The second-order valence-electron chi connectivity index (χ2n) is 6.90. The molecule has 1 heterocycles. The molecule has 0 fully saturated rings. The van der Waals surface area contributed by atoms with Gasteiger partial charge in [-0.05, 0) is 42.7 Å². The maximum absolute atomic E-state index is 12.7. The minimum absolute atomic E-state index is 0.0365. The number of hydrogen-bond donors (Lipinski definition) is 1. The average Bonchev–Trinajstić information content (AvgIpc) is 3.08. The summed E-state index contributed by atoms with van der Waals surface area (Å²) >= 11 is 6.26. The topological polar surface area (TPSA) is 43.3 Å². The summed E-state index contributed by atoms with van der Waals surface area (Å²) in [6, 6.07) is 16.2. The van der Waals surface area contributed by atoms with Gasteiger partial charge in [0.25, 0.3) is 0 Å². The number of carbonyl (C=O) groups excluding carboxylic acids is 1. The number of aryl methyl sites for hydroxylation is 1. The molecule has 0 aliphatic rings. The molecule has 0 saturated heterocycles. The zero-order chi connectivity index (χ0) is 19.9. The summed E-state index contributed by atoms with van der Waals surface area (Å²) in [7, 11) is 1.67. The maximum Gasteiger partial charge on any atom is 0.220 e. The van der Waals surface area contributed by atoms with Crippen LogP contribution in [-0.4, -0.2) is 30.7 Å². The molecule has 28 heavy (non-hydrogen) atoms. The van der Waals surface area contributed by atoms with Crippen LogP contribution in [0.3, 0.4) is 0 Å². The molecule has 1 N–H and O–H groups in total. The van der Waals surface area contributed by atoms with Gasteiger partial charge in [0.2, 0.25) is 5.91 Å². The summed E-state index contributed by atoms with van der Waals surface area (Å²) < 4.78 is 7.29. The number of para-hydroxylation sites is 1. The molecule has 0 saturated carbocycles. The van der Waals surface area contributed by atoms with Crippen molar-refractivity contribution in [3.8, 4) is 0 Å². The van der Waals surface area contributed by atoms with E-state index in [0.717, 1.165) is 24.1 Å². The number of benzene rings is 2. The third-order valence-corrected chi connectivity index (χ3v) is 5.26. The van der Waals surface area contributed by atoms with E-state index >= 15 is 0 Å². The average molecular weight is 399 g/mol. The zero-order valence-electron chi connectivity index (χ0n) is 16.5. The van der Waals surface area contributed by atoms with Crippen molar-refractivity contribution < 1.29 is 9.53 Å². The number of hydrogen-bond acceptors (Lipinski definition) is 2. The van der Waals surface area contributed by atoms with Crippen LogP contribution >= 0.6 is 11.6 Å². The maximum atomic E-state index is 12.7. The van der Waals surface area contributed by atoms with Gasteiger partial charge >= 0.3 is 0 Å². The predicted molar refractivity (Wildman–Crippen MR) is 115 cm³/mol. The smallest absolute Gasteiger partial charge is 0.220 e. The number of ether oxygens (including phenoxy) is 1. The summed E-state index contributed by atoms with van der Waals surface area (Å²) in [5, 5.41) is 4.88. The van der Waals surface area contributed by atoms with Gasteiger partial charge in [0.05, 0.1) is 0 Å². The minimum Gasteiger partial charge on any atom is -0.385 e. The fourth-order valence-corrected chi connectivity index (χ4v) is 3.85. The van der Waals surface area contributed by atoms with Gasteiger partial charge in [-0.2, -0.15) is 0 Å². The number of carbonyl (C=O) groups is 1. The molecule has 0 spiro atoms. The number of nitrogens with one attached hydrogen (secondary N) is 1. The first-order valence-electron chi connectivity index (χ1n) is 9.73. The van der Waals surface area contributed by atoms with Crippen molar-refractivity contribution >= 4 is 28.4 Å². The van der Waals surface area contributed by atoms with Gasteiger partial charge in [0, 0.05) is 61.3 Å².